The molecule has 0 aromatic rings. The second kappa shape index (κ2) is 3.62. The SMILES string of the molecule is C=C(C)CCC(=O)C(C)(N)C1CC1. The van der Waals surface area contributed by atoms with Crippen molar-refractivity contribution in [3.05, 3.63) is 12.2 Å². The van der Waals surface area contributed by atoms with Crippen LogP contribution >= 0.6 is 0 Å². The Morgan fingerprint density at radius 1 is 1.54 bits per heavy atom. The average molecular weight is 181 g/mol. The van der Waals surface area contributed by atoms with E-state index in [1.54, 1.807) is 0 Å². The van der Waals surface area contributed by atoms with Crippen LogP contribution in [0.1, 0.15) is 39.5 Å². The Morgan fingerprint density at radius 3 is 2.46 bits per heavy atom. The highest BCUT2D eigenvalue weighted by molar-refractivity contribution is 5.88. The van der Waals surface area contributed by atoms with E-state index >= 15 is 0 Å². The van der Waals surface area contributed by atoms with Gasteiger partial charge in [0.25, 0.3) is 0 Å². The largest absolute Gasteiger partial charge is 0.319 e. The molecule has 0 saturated heterocycles. The molecule has 1 fully saturated rings. The molecule has 1 aliphatic carbocycles. The lowest BCUT2D eigenvalue weighted by Gasteiger charge is -2.22. The Hall–Kier alpha value is -0.630. The zero-order valence-corrected chi connectivity index (χ0v) is 8.60. The van der Waals surface area contributed by atoms with Crippen LogP contribution in [-0.4, -0.2) is 11.3 Å². The first-order chi connectivity index (χ1) is 5.94. The van der Waals surface area contributed by atoms with Crippen LogP contribution in [0.4, 0.5) is 0 Å². The third-order valence-electron chi connectivity index (χ3n) is 2.81. The summed E-state index contributed by atoms with van der Waals surface area (Å²) in [4.78, 5) is 11.7. The molecule has 0 amide bonds. The van der Waals surface area contributed by atoms with Gasteiger partial charge in [0.05, 0.1) is 5.54 Å². The van der Waals surface area contributed by atoms with Crippen molar-refractivity contribution in [3.63, 3.8) is 0 Å². The Morgan fingerprint density at radius 2 is 2.08 bits per heavy atom. The summed E-state index contributed by atoms with van der Waals surface area (Å²) in [5, 5.41) is 0. The predicted octanol–water partition coefficient (Wildman–Crippen LogP) is 2.04. The zero-order valence-electron chi connectivity index (χ0n) is 8.60. The fourth-order valence-corrected chi connectivity index (χ4v) is 1.51. The molecule has 74 valence electrons. The summed E-state index contributed by atoms with van der Waals surface area (Å²) in [5.41, 5.74) is 6.45. The molecule has 1 saturated carbocycles. The maximum Gasteiger partial charge on any atom is 0.152 e. The standard InChI is InChI=1S/C11H19NO/c1-8(2)4-7-10(13)11(3,12)9-5-6-9/h9H,1,4-7,12H2,2-3H3. The highest BCUT2D eigenvalue weighted by Gasteiger charge is 2.43. The molecular formula is C11H19NO. The summed E-state index contributed by atoms with van der Waals surface area (Å²) in [6.45, 7) is 7.59. The Kier molecular flexibility index (Phi) is 2.91. The van der Waals surface area contributed by atoms with E-state index in [9.17, 15) is 4.79 Å². The van der Waals surface area contributed by atoms with Gasteiger partial charge in [0.2, 0.25) is 0 Å². The highest BCUT2D eigenvalue weighted by Crippen LogP contribution is 2.39. The van der Waals surface area contributed by atoms with Gasteiger partial charge in [-0.1, -0.05) is 5.57 Å². The molecule has 0 aromatic heterocycles. The van der Waals surface area contributed by atoms with Crippen LogP contribution in [0.2, 0.25) is 0 Å². The summed E-state index contributed by atoms with van der Waals surface area (Å²) >= 11 is 0. The van der Waals surface area contributed by atoms with Crippen LogP contribution in [0.3, 0.4) is 0 Å². The number of hydrogen-bond donors (Lipinski definition) is 1. The van der Waals surface area contributed by atoms with E-state index in [2.05, 4.69) is 6.58 Å². The molecule has 1 unspecified atom stereocenters. The summed E-state index contributed by atoms with van der Waals surface area (Å²) in [7, 11) is 0. The molecule has 2 nitrogen and oxygen atoms in total. The van der Waals surface area contributed by atoms with Gasteiger partial charge >= 0.3 is 0 Å². The van der Waals surface area contributed by atoms with E-state index in [4.69, 9.17) is 5.73 Å². The van der Waals surface area contributed by atoms with E-state index in [-0.39, 0.29) is 5.78 Å². The zero-order chi connectivity index (χ0) is 10.1. The first-order valence-corrected chi connectivity index (χ1v) is 4.91. The van der Waals surface area contributed by atoms with Crippen LogP contribution in [0.5, 0.6) is 0 Å². The Labute approximate surface area is 80.2 Å². The molecule has 1 atom stereocenters. The Bertz CT molecular complexity index is 226. The molecular weight excluding hydrogens is 162 g/mol. The van der Waals surface area contributed by atoms with Crippen molar-refractivity contribution in [1.29, 1.82) is 0 Å². The third-order valence-corrected chi connectivity index (χ3v) is 2.81. The first-order valence-electron chi connectivity index (χ1n) is 4.91. The topological polar surface area (TPSA) is 43.1 Å². The van der Waals surface area contributed by atoms with Crippen LogP contribution < -0.4 is 5.73 Å². The van der Waals surface area contributed by atoms with E-state index < -0.39 is 5.54 Å². The number of allylic oxidation sites excluding steroid dienone is 1. The van der Waals surface area contributed by atoms with Crippen molar-refractivity contribution in [2.24, 2.45) is 11.7 Å². The van der Waals surface area contributed by atoms with Gasteiger partial charge in [-0.25, -0.2) is 0 Å². The second-order valence-corrected chi connectivity index (χ2v) is 4.44. The number of carbonyl (C=O) groups excluding carboxylic acids is 1. The summed E-state index contributed by atoms with van der Waals surface area (Å²) < 4.78 is 0. The molecule has 0 aromatic carbocycles. The number of hydrogen-bond acceptors (Lipinski definition) is 2. The van der Waals surface area contributed by atoms with E-state index in [1.165, 1.54) is 0 Å². The maximum absolute atomic E-state index is 11.7. The fraction of sp³-hybridized carbons (Fsp3) is 0.727. The minimum Gasteiger partial charge on any atom is -0.319 e. The fourth-order valence-electron chi connectivity index (χ4n) is 1.51. The van der Waals surface area contributed by atoms with Gasteiger partial charge in [0.1, 0.15) is 0 Å². The van der Waals surface area contributed by atoms with Crippen molar-refractivity contribution in [1.82, 2.24) is 0 Å². The average Bonchev–Trinajstić information content (AvgIpc) is 2.81. The number of rotatable bonds is 5. The predicted molar refractivity (Wildman–Crippen MR) is 54.4 cm³/mol. The van der Waals surface area contributed by atoms with Crippen molar-refractivity contribution in [3.8, 4) is 0 Å². The van der Waals surface area contributed by atoms with Gasteiger partial charge in [0, 0.05) is 6.42 Å². The second-order valence-electron chi connectivity index (χ2n) is 4.44. The first kappa shape index (κ1) is 10.5. The van der Waals surface area contributed by atoms with E-state index in [0.29, 0.717) is 12.3 Å². The molecule has 0 bridgehead atoms. The number of carbonyl (C=O) groups is 1. The summed E-state index contributed by atoms with van der Waals surface area (Å²) in [5.74, 6) is 0.628. The molecule has 0 aliphatic heterocycles. The molecule has 13 heavy (non-hydrogen) atoms. The number of ketones is 1. The quantitative estimate of drug-likeness (QED) is 0.659. The van der Waals surface area contributed by atoms with E-state index in [1.807, 2.05) is 13.8 Å². The minimum absolute atomic E-state index is 0.193. The van der Waals surface area contributed by atoms with Crippen LogP contribution in [0.15, 0.2) is 12.2 Å². The van der Waals surface area contributed by atoms with Crippen molar-refractivity contribution in [2.45, 2.75) is 45.1 Å². The smallest absolute Gasteiger partial charge is 0.152 e. The molecule has 1 rings (SSSR count). The summed E-state index contributed by atoms with van der Waals surface area (Å²) in [6, 6.07) is 0. The van der Waals surface area contributed by atoms with Gasteiger partial charge in [-0.15, -0.1) is 6.58 Å². The van der Waals surface area contributed by atoms with Gasteiger partial charge < -0.3 is 5.73 Å². The lowest BCUT2D eigenvalue weighted by atomic mass is 9.88. The van der Waals surface area contributed by atoms with Crippen LogP contribution in [0, 0.1) is 5.92 Å². The van der Waals surface area contributed by atoms with Crippen molar-refractivity contribution >= 4 is 5.78 Å². The molecule has 2 heteroatoms. The normalized spacial score (nSPS) is 20.8. The summed E-state index contributed by atoms with van der Waals surface area (Å²) in [6.07, 6.45) is 3.56. The molecule has 0 radical (unpaired) electrons. The monoisotopic (exact) mass is 181 g/mol. The number of Topliss-reactive ketones (excluding diaryl/α,β-unsaturated/α-hetero) is 1. The highest BCUT2D eigenvalue weighted by atomic mass is 16.1. The van der Waals surface area contributed by atoms with Gasteiger partial charge in [-0.05, 0) is 39.0 Å². The van der Waals surface area contributed by atoms with Gasteiger partial charge in [-0.2, -0.15) is 0 Å². The van der Waals surface area contributed by atoms with Crippen LogP contribution in [0.25, 0.3) is 0 Å². The maximum atomic E-state index is 11.7. The van der Waals surface area contributed by atoms with E-state index in [0.717, 1.165) is 24.8 Å². The van der Waals surface area contributed by atoms with Gasteiger partial charge in [0.15, 0.2) is 5.78 Å². The minimum atomic E-state index is -0.574. The van der Waals surface area contributed by atoms with Crippen LogP contribution in [-0.2, 0) is 4.79 Å². The van der Waals surface area contributed by atoms with Crippen molar-refractivity contribution in [2.75, 3.05) is 0 Å². The number of nitrogens with two attached hydrogens (primary N) is 1. The lowest BCUT2D eigenvalue weighted by molar-refractivity contribution is -0.124. The van der Waals surface area contributed by atoms with Crippen molar-refractivity contribution < 1.29 is 4.79 Å². The lowest BCUT2D eigenvalue weighted by Crippen LogP contribution is -2.47. The molecule has 2 N–H and O–H groups in total. The molecule has 0 heterocycles. The third kappa shape index (κ3) is 2.66. The Balaban J connectivity index is 2.41. The molecule has 1 aliphatic rings. The molecule has 0 spiro atoms. The van der Waals surface area contributed by atoms with Gasteiger partial charge in [-0.3, -0.25) is 4.79 Å².